The second-order valence-corrected chi connectivity index (χ2v) is 12.5. The highest BCUT2D eigenvalue weighted by molar-refractivity contribution is 6.40. The Morgan fingerprint density at radius 3 is 2.28 bits per heavy atom. The van der Waals surface area contributed by atoms with Gasteiger partial charge in [0.05, 0.1) is 0 Å². The molecule has 1 saturated carbocycles. The third kappa shape index (κ3) is 3.80. The summed E-state index contributed by atoms with van der Waals surface area (Å²) in [5.41, 5.74) is 9.80. The average molecular weight is 482 g/mol. The third-order valence-electron chi connectivity index (χ3n) is 9.55. The molecule has 2 nitrogen and oxygen atoms in total. The van der Waals surface area contributed by atoms with Crippen LogP contribution in [0, 0.1) is 43.4 Å². The average Bonchev–Trinajstić information content (AvgIpc) is 3.11. The molecule has 4 unspecified atom stereocenters. The minimum atomic E-state index is -0.0431. The lowest BCUT2D eigenvalue weighted by atomic mass is 9.72. The van der Waals surface area contributed by atoms with Crippen molar-refractivity contribution in [2.45, 2.75) is 80.6 Å². The van der Waals surface area contributed by atoms with E-state index in [2.05, 4.69) is 85.7 Å². The number of Topliss-reactive ketones (excluding diaryl/α,β-unsaturated/α-hetero) is 1. The van der Waals surface area contributed by atoms with Crippen molar-refractivity contribution in [1.82, 2.24) is 0 Å². The summed E-state index contributed by atoms with van der Waals surface area (Å²) in [7, 11) is 0. The molecule has 5 rings (SSSR count). The predicted octanol–water partition coefficient (Wildman–Crippen LogP) is 7.77. The molecule has 5 aliphatic carbocycles. The van der Waals surface area contributed by atoms with E-state index in [1.54, 1.807) is 0 Å². The molecule has 0 aromatic heterocycles. The van der Waals surface area contributed by atoms with Crippen molar-refractivity contribution in [3.8, 4) is 11.1 Å². The van der Waals surface area contributed by atoms with Crippen LogP contribution >= 0.6 is 0 Å². The van der Waals surface area contributed by atoms with Crippen LogP contribution in [-0.4, -0.2) is 5.78 Å². The number of allylic oxidation sites excluding steroid dienone is 5. The van der Waals surface area contributed by atoms with E-state index in [0.29, 0.717) is 46.7 Å². The molecule has 1 fully saturated rings. The number of aryl methyl sites for hydroxylation is 2. The van der Waals surface area contributed by atoms with Crippen LogP contribution in [0.1, 0.15) is 89.0 Å². The van der Waals surface area contributed by atoms with E-state index in [1.807, 2.05) is 0 Å². The topological polar surface area (TPSA) is 40.1 Å². The van der Waals surface area contributed by atoms with E-state index in [1.165, 1.54) is 30.4 Å². The number of hydrogen-bond acceptors (Lipinski definition) is 2. The molecule has 0 bridgehead atoms. The number of ketones is 1. The summed E-state index contributed by atoms with van der Waals surface area (Å²) in [6.07, 6.45) is 5.78. The first-order chi connectivity index (χ1) is 17.0. The van der Waals surface area contributed by atoms with E-state index in [4.69, 9.17) is 0 Å². The van der Waals surface area contributed by atoms with Gasteiger partial charge in [0.1, 0.15) is 0 Å². The van der Waals surface area contributed by atoms with Crippen LogP contribution in [0.15, 0.2) is 52.8 Å². The van der Waals surface area contributed by atoms with Gasteiger partial charge in [-0.15, -0.1) is 0 Å². The van der Waals surface area contributed by atoms with Gasteiger partial charge in [0.25, 0.3) is 0 Å². The molecule has 190 valence electrons. The van der Waals surface area contributed by atoms with E-state index >= 15 is 0 Å². The first-order valence-electron chi connectivity index (χ1n) is 13.9. The summed E-state index contributed by atoms with van der Waals surface area (Å²) in [5, 5.41) is 13.8. The summed E-state index contributed by atoms with van der Waals surface area (Å²) in [6, 6.07) is 8.62. The zero-order chi connectivity index (χ0) is 26.0. The fourth-order valence-electron chi connectivity index (χ4n) is 7.22. The molecule has 36 heavy (non-hydrogen) atoms. The molecule has 0 aromatic carbocycles. The Hall–Kier alpha value is -2.61. The van der Waals surface area contributed by atoms with Crippen molar-refractivity contribution >= 4 is 11.4 Å². The third-order valence-corrected chi connectivity index (χ3v) is 9.55. The summed E-state index contributed by atoms with van der Waals surface area (Å²) < 4.78 is 0. The fraction of sp³-hybridized carbons (Fsp3) is 0.500. The van der Waals surface area contributed by atoms with Crippen LogP contribution in [0.2, 0.25) is 0 Å². The van der Waals surface area contributed by atoms with Crippen molar-refractivity contribution in [3.63, 3.8) is 0 Å². The normalized spacial score (nSPS) is 28.6. The first kappa shape index (κ1) is 25.1. The number of hydrogen-bond donors (Lipinski definition) is 0. The maximum absolute atomic E-state index is 13.8. The van der Waals surface area contributed by atoms with Gasteiger partial charge in [-0.2, -0.15) is 0 Å². The second-order valence-electron chi connectivity index (χ2n) is 12.5. The molecule has 0 N–H and O–H groups in total. The molecule has 0 heterocycles. The molecule has 5 aliphatic rings. The van der Waals surface area contributed by atoms with Gasteiger partial charge in [0, 0.05) is 11.1 Å². The Balaban J connectivity index is 1.61. The van der Waals surface area contributed by atoms with Crippen LogP contribution < -0.4 is 5.11 Å². The summed E-state index contributed by atoms with van der Waals surface area (Å²) in [5.74, 6) is 2.94. The van der Waals surface area contributed by atoms with Crippen molar-refractivity contribution in [2.75, 3.05) is 0 Å². The van der Waals surface area contributed by atoms with Gasteiger partial charge in [-0.1, -0.05) is 76.3 Å². The molecule has 4 atom stereocenters. The smallest absolute Gasteiger partial charge is 0.192 e. The molecule has 2 heteroatoms. The van der Waals surface area contributed by atoms with Gasteiger partial charge in [0.2, 0.25) is 0 Å². The van der Waals surface area contributed by atoms with Crippen molar-refractivity contribution in [3.05, 3.63) is 75.1 Å². The maximum atomic E-state index is 13.8. The van der Waals surface area contributed by atoms with Gasteiger partial charge in [0.15, 0.2) is 5.78 Å². The van der Waals surface area contributed by atoms with E-state index in [0.717, 1.165) is 33.4 Å². The standard InChI is InChI=1S/C34H42O2/c1-17(2)23-11-9-19(5)29-25(15-23)21(7)13-27(29)31-33(35)32(34(31)36)28-14-22(8)26-16-24(18(3)4)12-10-20(6)30(26)28/h9,11,13-15,17-18,20,24,26,30,35H,10,12,16H2,1-8H3/p-1/b32-28-. The van der Waals surface area contributed by atoms with E-state index in [-0.39, 0.29) is 11.5 Å². The minimum absolute atomic E-state index is 0.0431. The summed E-state index contributed by atoms with van der Waals surface area (Å²) in [4.78, 5) is 13.8. The van der Waals surface area contributed by atoms with Crippen molar-refractivity contribution in [1.29, 1.82) is 0 Å². The van der Waals surface area contributed by atoms with E-state index in [9.17, 15) is 9.90 Å². The highest BCUT2D eigenvalue weighted by Gasteiger charge is 2.43. The summed E-state index contributed by atoms with van der Waals surface area (Å²) >= 11 is 0. The zero-order valence-electron chi connectivity index (χ0n) is 23.3. The molecule has 0 spiro atoms. The zero-order valence-corrected chi connectivity index (χ0v) is 23.3. The van der Waals surface area contributed by atoms with Crippen LogP contribution in [-0.2, 0) is 4.79 Å². The van der Waals surface area contributed by atoms with Gasteiger partial charge >= 0.3 is 0 Å². The predicted molar refractivity (Wildman–Crippen MR) is 148 cm³/mol. The molecule has 0 radical (unpaired) electrons. The lowest BCUT2D eigenvalue weighted by Crippen LogP contribution is -2.32. The Labute approximate surface area is 217 Å². The second kappa shape index (κ2) is 9.05. The Bertz CT molecular complexity index is 1300. The van der Waals surface area contributed by atoms with Crippen LogP contribution in [0.5, 0.6) is 0 Å². The van der Waals surface area contributed by atoms with Gasteiger partial charge in [-0.25, -0.2) is 0 Å². The van der Waals surface area contributed by atoms with Crippen molar-refractivity contribution < 1.29 is 9.90 Å². The maximum Gasteiger partial charge on any atom is 0.192 e. The summed E-state index contributed by atoms with van der Waals surface area (Å²) in [6.45, 7) is 17.8. The van der Waals surface area contributed by atoms with Gasteiger partial charge in [-0.05, 0) is 114 Å². The number of carbonyl (C=O) groups is 1. The lowest BCUT2D eigenvalue weighted by molar-refractivity contribution is -0.297. The molecule has 0 amide bonds. The first-order valence-corrected chi connectivity index (χ1v) is 13.9. The molecule has 0 aromatic rings. The van der Waals surface area contributed by atoms with Gasteiger partial charge in [-0.3, -0.25) is 4.79 Å². The van der Waals surface area contributed by atoms with Gasteiger partial charge < -0.3 is 5.11 Å². The van der Waals surface area contributed by atoms with Crippen LogP contribution in [0.25, 0.3) is 16.7 Å². The lowest BCUT2D eigenvalue weighted by Gasteiger charge is -2.35. The Kier molecular flexibility index (Phi) is 6.30. The Morgan fingerprint density at radius 1 is 0.917 bits per heavy atom. The Morgan fingerprint density at radius 2 is 1.64 bits per heavy atom. The van der Waals surface area contributed by atoms with Crippen LogP contribution in [0.4, 0.5) is 0 Å². The number of fused-ring (bicyclic) bond motifs is 2. The highest BCUT2D eigenvalue weighted by Crippen LogP contribution is 2.53. The monoisotopic (exact) mass is 481 g/mol. The molecule has 0 saturated heterocycles. The molecular weight excluding hydrogens is 440 g/mol. The fourth-order valence-corrected chi connectivity index (χ4v) is 7.22. The molecule has 0 aliphatic heterocycles. The quantitative estimate of drug-likeness (QED) is 0.420. The SMILES string of the molecule is CC1=C/C(=C2/C(=O)C(c3cc(C)c4cc(C(C)C)ccc(C)c3-4)=C2[O-])C2C(C)CCC(C(C)C)CC12. The minimum Gasteiger partial charge on any atom is -0.871 e. The van der Waals surface area contributed by atoms with E-state index < -0.39 is 0 Å². The largest absolute Gasteiger partial charge is 0.871 e. The van der Waals surface area contributed by atoms with Crippen LogP contribution in [0.3, 0.4) is 0 Å². The number of rotatable bonds is 3. The molecular formula is C34H41O2-. The number of carbonyl (C=O) groups excluding carboxylic acids is 1. The van der Waals surface area contributed by atoms with Crippen molar-refractivity contribution in [2.24, 2.45) is 29.6 Å². The highest BCUT2D eigenvalue weighted by atomic mass is 16.3.